The number of hydrogen-bond donors (Lipinski definition) is 1. The minimum absolute atomic E-state index is 0.0144. The fourth-order valence-electron chi connectivity index (χ4n) is 4.28. The van der Waals surface area contributed by atoms with Crippen molar-refractivity contribution in [2.24, 2.45) is 0 Å². The summed E-state index contributed by atoms with van der Waals surface area (Å²) in [7, 11) is 0. The molecule has 3 rings (SSSR count). The zero-order chi connectivity index (χ0) is 24.1. The molecule has 0 bridgehead atoms. The molecule has 0 aromatic rings. The summed E-state index contributed by atoms with van der Waals surface area (Å²) in [5.74, 6) is -0.669. The topological polar surface area (TPSA) is 95.6 Å². The van der Waals surface area contributed by atoms with E-state index in [1.165, 1.54) is 19.1 Å². The van der Waals surface area contributed by atoms with Gasteiger partial charge in [0.15, 0.2) is 6.29 Å². The van der Waals surface area contributed by atoms with Gasteiger partial charge < -0.3 is 29.0 Å². The lowest BCUT2D eigenvalue weighted by Gasteiger charge is -2.38. The number of amides is 1. The van der Waals surface area contributed by atoms with Crippen LogP contribution in [0, 0.1) is 0 Å². The van der Waals surface area contributed by atoms with Crippen LogP contribution in [0.15, 0.2) is 36.0 Å². The molecular weight excluding hydrogens is 426 g/mol. The summed E-state index contributed by atoms with van der Waals surface area (Å²) in [6, 6.07) is -0.226. The molecule has 0 aliphatic carbocycles. The Hall–Kier alpha value is -2.00. The average molecular weight is 464 g/mol. The maximum Gasteiger partial charge on any atom is 0.303 e. The summed E-state index contributed by atoms with van der Waals surface area (Å²) in [6.07, 6.45) is 10.9. The minimum atomic E-state index is -0.458. The molecule has 3 fully saturated rings. The van der Waals surface area contributed by atoms with Crippen LogP contribution in [-0.4, -0.2) is 67.4 Å². The van der Waals surface area contributed by atoms with Crippen molar-refractivity contribution in [3.8, 4) is 0 Å². The summed E-state index contributed by atoms with van der Waals surface area (Å²) < 4.78 is 28.3. The minimum Gasteiger partial charge on any atom is -0.459 e. The third-order valence-electron chi connectivity index (χ3n) is 5.73. The van der Waals surface area contributed by atoms with Gasteiger partial charge in [0, 0.05) is 32.3 Å². The van der Waals surface area contributed by atoms with Crippen LogP contribution < -0.4 is 5.32 Å². The SMILES string of the molecule is CC(=O)OC(C)C=CC(=O)NC1COC(CC=C(C)C=C[C@@H]2C[C@]3(CO3)CC(C)(C)O2)OC1. The highest BCUT2D eigenvalue weighted by atomic mass is 16.7. The smallest absolute Gasteiger partial charge is 0.303 e. The summed E-state index contributed by atoms with van der Waals surface area (Å²) >= 11 is 0. The highest BCUT2D eigenvalue weighted by Gasteiger charge is 2.53. The number of carbonyl (C=O) groups excluding carboxylic acids is 2. The Morgan fingerprint density at radius 3 is 2.52 bits per heavy atom. The lowest BCUT2D eigenvalue weighted by atomic mass is 9.85. The molecule has 8 heteroatoms. The Labute approximate surface area is 196 Å². The Kier molecular flexibility index (Phi) is 8.50. The number of hydrogen-bond acceptors (Lipinski definition) is 7. The van der Waals surface area contributed by atoms with Gasteiger partial charge in [0.05, 0.1) is 43.2 Å². The van der Waals surface area contributed by atoms with Crippen molar-refractivity contribution in [3.63, 3.8) is 0 Å². The molecule has 3 aliphatic rings. The van der Waals surface area contributed by atoms with E-state index in [2.05, 4.69) is 37.4 Å². The van der Waals surface area contributed by atoms with E-state index in [1.807, 2.05) is 6.92 Å². The van der Waals surface area contributed by atoms with Crippen LogP contribution in [0.4, 0.5) is 0 Å². The normalized spacial score (nSPS) is 32.8. The molecule has 33 heavy (non-hydrogen) atoms. The standard InChI is InChI=1S/C25H37NO7/c1-17(6-9-21-12-25(16-31-25)15-24(4,5)33-21)7-11-23-29-13-20(14-30-23)26-22(28)10-8-18(2)32-19(3)27/h6-10,18,20-21,23H,11-16H2,1-5H3,(H,26,28)/t18?,20?,21-,23?,25-/m1/s1. The second-order valence-corrected chi connectivity index (χ2v) is 9.79. The van der Waals surface area contributed by atoms with Gasteiger partial charge in [-0.1, -0.05) is 23.8 Å². The first-order valence-corrected chi connectivity index (χ1v) is 11.6. The molecule has 1 spiro atoms. The molecule has 8 nitrogen and oxygen atoms in total. The number of esters is 1. The molecule has 184 valence electrons. The van der Waals surface area contributed by atoms with Crippen LogP contribution in [-0.2, 0) is 33.3 Å². The van der Waals surface area contributed by atoms with Gasteiger partial charge in [-0.15, -0.1) is 0 Å². The Morgan fingerprint density at radius 2 is 1.88 bits per heavy atom. The first-order chi connectivity index (χ1) is 15.5. The molecule has 3 aliphatic heterocycles. The van der Waals surface area contributed by atoms with Crippen LogP contribution in [0.2, 0.25) is 0 Å². The number of ether oxygens (including phenoxy) is 5. The van der Waals surface area contributed by atoms with E-state index in [0.717, 1.165) is 25.0 Å². The van der Waals surface area contributed by atoms with Crippen LogP contribution in [0.5, 0.6) is 0 Å². The Balaban J connectivity index is 1.36. The molecule has 3 heterocycles. The van der Waals surface area contributed by atoms with E-state index in [1.54, 1.807) is 6.92 Å². The molecule has 1 N–H and O–H groups in total. The zero-order valence-electron chi connectivity index (χ0n) is 20.3. The number of rotatable bonds is 8. The van der Waals surface area contributed by atoms with Crippen molar-refractivity contribution in [1.29, 1.82) is 0 Å². The molecule has 3 atom stereocenters. The summed E-state index contributed by atoms with van der Waals surface area (Å²) in [5.41, 5.74) is 0.955. The Morgan fingerprint density at radius 1 is 1.18 bits per heavy atom. The highest BCUT2D eigenvalue weighted by Crippen LogP contribution is 2.46. The van der Waals surface area contributed by atoms with Crippen molar-refractivity contribution >= 4 is 11.9 Å². The van der Waals surface area contributed by atoms with Crippen LogP contribution in [0.25, 0.3) is 0 Å². The van der Waals surface area contributed by atoms with Crippen molar-refractivity contribution in [2.45, 2.75) is 89.6 Å². The van der Waals surface area contributed by atoms with E-state index in [-0.39, 0.29) is 41.5 Å². The third-order valence-corrected chi connectivity index (χ3v) is 5.73. The van der Waals surface area contributed by atoms with E-state index < -0.39 is 6.10 Å². The largest absolute Gasteiger partial charge is 0.459 e. The van der Waals surface area contributed by atoms with Gasteiger partial charge in [-0.25, -0.2) is 0 Å². The van der Waals surface area contributed by atoms with Gasteiger partial charge in [-0.05, 0) is 33.8 Å². The molecule has 0 aromatic carbocycles. The van der Waals surface area contributed by atoms with E-state index in [0.29, 0.717) is 19.6 Å². The number of nitrogens with one attached hydrogen (secondary N) is 1. The summed E-state index contributed by atoms with van der Waals surface area (Å²) in [5, 5.41) is 2.82. The second-order valence-electron chi connectivity index (χ2n) is 9.79. The monoisotopic (exact) mass is 463 g/mol. The van der Waals surface area contributed by atoms with Gasteiger partial charge in [0.25, 0.3) is 0 Å². The van der Waals surface area contributed by atoms with Gasteiger partial charge in [0.1, 0.15) is 6.10 Å². The van der Waals surface area contributed by atoms with E-state index in [9.17, 15) is 9.59 Å². The summed E-state index contributed by atoms with van der Waals surface area (Å²) in [6.45, 7) is 10.9. The molecular formula is C25H37NO7. The van der Waals surface area contributed by atoms with Crippen LogP contribution in [0.1, 0.15) is 53.9 Å². The van der Waals surface area contributed by atoms with Crippen molar-refractivity contribution in [3.05, 3.63) is 36.0 Å². The second kappa shape index (κ2) is 11.0. The summed E-state index contributed by atoms with van der Waals surface area (Å²) in [4.78, 5) is 22.9. The van der Waals surface area contributed by atoms with Crippen molar-refractivity contribution in [1.82, 2.24) is 5.32 Å². The fourth-order valence-corrected chi connectivity index (χ4v) is 4.28. The maximum atomic E-state index is 12.0. The van der Waals surface area contributed by atoms with Crippen molar-refractivity contribution in [2.75, 3.05) is 19.8 Å². The van der Waals surface area contributed by atoms with Gasteiger partial charge in [-0.2, -0.15) is 0 Å². The van der Waals surface area contributed by atoms with Gasteiger partial charge in [0.2, 0.25) is 5.91 Å². The molecule has 1 unspecified atom stereocenters. The first-order valence-electron chi connectivity index (χ1n) is 11.6. The number of epoxide rings is 1. The van der Waals surface area contributed by atoms with E-state index in [4.69, 9.17) is 23.7 Å². The first kappa shape index (κ1) is 25.6. The van der Waals surface area contributed by atoms with Crippen LogP contribution in [0.3, 0.4) is 0 Å². The highest BCUT2D eigenvalue weighted by molar-refractivity contribution is 5.87. The fraction of sp³-hybridized carbons (Fsp3) is 0.680. The predicted molar refractivity (Wildman–Crippen MR) is 122 cm³/mol. The molecule has 0 aromatic heterocycles. The third kappa shape index (κ3) is 8.70. The quantitative estimate of drug-likeness (QED) is 0.256. The maximum absolute atomic E-state index is 12.0. The predicted octanol–water partition coefficient (Wildman–Crippen LogP) is 2.97. The number of allylic oxidation sites excluding steroid dienone is 2. The van der Waals surface area contributed by atoms with Gasteiger partial charge >= 0.3 is 5.97 Å². The van der Waals surface area contributed by atoms with Crippen molar-refractivity contribution < 1.29 is 33.3 Å². The van der Waals surface area contributed by atoms with Gasteiger partial charge in [-0.3, -0.25) is 9.59 Å². The zero-order valence-corrected chi connectivity index (χ0v) is 20.3. The lowest BCUT2D eigenvalue weighted by molar-refractivity contribution is -0.187. The Bertz CT molecular complexity index is 783. The molecule has 1 amide bonds. The molecule has 0 radical (unpaired) electrons. The lowest BCUT2D eigenvalue weighted by Crippen LogP contribution is -2.46. The van der Waals surface area contributed by atoms with Crippen LogP contribution >= 0.6 is 0 Å². The molecule has 0 saturated carbocycles. The average Bonchev–Trinajstić information content (AvgIpc) is 3.46. The van der Waals surface area contributed by atoms with E-state index >= 15 is 0 Å². The number of carbonyl (C=O) groups is 2. The molecule has 3 saturated heterocycles.